The number of carbonyl (C=O) groups is 1. The molecule has 1 aromatic heterocycles. The SMILES string of the molecule is CC(C)NCc1ccn(CCCC(=O)N(C)C)c1. The molecule has 1 N–H and O–H groups in total. The highest BCUT2D eigenvalue weighted by atomic mass is 16.2. The maximum atomic E-state index is 11.4. The fourth-order valence-electron chi connectivity index (χ4n) is 1.69. The molecule has 1 aromatic rings. The van der Waals surface area contributed by atoms with Crippen LogP contribution in [0, 0.1) is 0 Å². The number of nitrogens with one attached hydrogen (secondary N) is 1. The van der Waals surface area contributed by atoms with E-state index in [1.54, 1.807) is 19.0 Å². The van der Waals surface area contributed by atoms with Gasteiger partial charge in [-0.05, 0) is 18.1 Å². The van der Waals surface area contributed by atoms with Crippen molar-refractivity contribution in [3.63, 3.8) is 0 Å². The number of hydrogen-bond donors (Lipinski definition) is 1. The Labute approximate surface area is 110 Å². The zero-order valence-corrected chi connectivity index (χ0v) is 11.9. The van der Waals surface area contributed by atoms with E-state index in [9.17, 15) is 4.79 Å². The van der Waals surface area contributed by atoms with E-state index in [0.29, 0.717) is 12.5 Å². The average molecular weight is 251 g/mol. The number of amides is 1. The quantitative estimate of drug-likeness (QED) is 0.803. The highest BCUT2D eigenvalue weighted by Crippen LogP contribution is 2.04. The number of aromatic nitrogens is 1. The Kier molecular flexibility index (Phi) is 5.92. The molecule has 0 aliphatic heterocycles. The highest BCUT2D eigenvalue weighted by molar-refractivity contribution is 5.75. The van der Waals surface area contributed by atoms with Crippen LogP contribution in [0.3, 0.4) is 0 Å². The molecular formula is C14H25N3O. The summed E-state index contributed by atoms with van der Waals surface area (Å²) >= 11 is 0. The Morgan fingerprint density at radius 1 is 1.44 bits per heavy atom. The highest BCUT2D eigenvalue weighted by Gasteiger charge is 2.03. The average Bonchev–Trinajstić information content (AvgIpc) is 2.74. The van der Waals surface area contributed by atoms with Crippen molar-refractivity contribution in [1.29, 1.82) is 0 Å². The summed E-state index contributed by atoms with van der Waals surface area (Å²) in [5.74, 6) is 0.198. The van der Waals surface area contributed by atoms with Crippen LogP contribution in [0.5, 0.6) is 0 Å². The third-order valence-electron chi connectivity index (χ3n) is 2.83. The Bertz CT molecular complexity index is 369. The van der Waals surface area contributed by atoms with Gasteiger partial charge in [-0.15, -0.1) is 0 Å². The molecule has 0 fully saturated rings. The van der Waals surface area contributed by atoms with Gasteiger partial charge in [-0.25, -0.2) is 0 Å². The van der Waals surface area contributed by atoms with Crippen LogP contribution in [0.25, 0.3) is 0 Å². The molecule has 0 saturated heterocycles. The lowest BCUT2D eigenvalue weighted by Crippen LogP contribution is -2.21. The second-order valence-electron chi connectivity index (χ2n) is 5.18. The van der Waals surface area contributed by atoms with Crippen molar-refractivity contribution >= 4 is 5.91 Å². The molecule has 1 heterocycles. The van der Waals surface area contributed by atoms with Crippen molar-refractivity contribution in [3.05, 3.63) is 24.0 Å². The molecular weight excluding hydrogens is 226 g/mol. The van der Waals surface area contributed by atoms with E-state index in [2.05, 4.69) is 42.2 Å². The lowest BCUT2D eigenvalue weighted by atomic mass is 10.3. The molecule has 0 aliphatic carbocycles. The maximum Gasteiger partial charge on any atom is 0.222 e. The van der Waals surface area contributed by atoms with E-state index in [1.165, 1.54) is 5.56 Å². The molecule has 0 saturated carbocycles. The normalized spacial score (nSPS) is 10.9. The van der Waals surface area contributed by atoms with E-state index in [0.717, 1.165) is 19.5 Å². The van der Waals surface area contributed by atoms with Gasteiger partial charge in [0.25, 0.3) is 0 Å². The monoisotopic (exact) mass is 251 g/mol. The van der Waals surface area contributed by atoms with Crippen molar-refractivity contribution in [2.45, 2.75) is 45.8 Å². The van der Waals surface area contributed by atoms with Crippen LogP contribution in [0.2, 0.25) is 0 Å². The van der Waals surface area contributed by atoms with Crippen LogP contribution in [0.15, 0.2) is 18.5 Å². The summed E-state index contributed by atoms with van der Waals surface area (Å²) in [5, 5.41) is 3.39. The van der Waals surface area contributed by atoms with Crippen LogP contribution < -0.4 is 5.32 Å². The zero-order chi connectivity index (χ0) is 13.5. The van der Waals surface area contributed by atoms with E-state index in [4.69, 9.17) is 0 Å². The summed E-state index contributed by atoms with van der Waals surface area (Å²) < 4.78 is 2.15. The smallest absolute Gasteiger partial charge is 0.222 e. The number of carbonyl (C=O) groups excluding carboxylic acids is 1. The molecule has 0 spiro atoms. The molecule has 0 aromatic carbocycles. The molecule has 0 unspecified atom stereocenters. The number of hydrogen-bond acceptors (Lipinski definition) is 2. The molecule has 18 heavy (non-hydrogen) atoms. The van der Waals surface area contributed by atoms with Crippen molar-refractivity contribution in [1.82, 2.24) is 14.8 Å². The first-order valence-corrected chi connectivity index (χ1v) is 6.57. The van der Waals surface area contributed by atoms with Crippen LogP contribution >= 0.6 is 0 Å². The van der Waals surface area contributed by atoms with E-state index in [-0.39, 0.29) is 5.91 Å². The Hall–Kier alpha value is -1.29. The summed E-state index contributed by atoms with van der Waals surface area (Å²) in [6, 6.07) is 2.63. The number of rotatable bonds is 7. The van der Waals surface area contributed by atoms with Gasteiger partial charge < -0.3 is 14.8 Å². The van der Waals surface area contributed by atoms with Crippen molar-refractivity contribution < 1.29 is 4.79 Å². The van der Waals surface area contributed by atoms with Crippen LogP contribution in [-0.4, -0.2) is 35.5 Å². The van der Waals surface area contributed by atoms with Gasteiger partial charge in [0.05, 0.1) is 0 Å². The minimum absolute atomic E-state index is 0.198. The van der Waals surface area contributed by atoms with E-state index < -0.39 is 0 Å². The van der Waals surface area contributed by atoms with Gasteiger partial charge in [0.1, 0.15) is 0 Å². The van der Waals surface area contributed by atoms with Gasteiger partial charge in [-0.2, -0.15) is 0 Å². The summed E-state index contributed by atoms with van der Waals surface area (Å²) in [6.07, 6.45) is 5.74. The summed E-state index contributed by atoms with van der Waals surface area (Å²) in [6.45, 7) is 6.09. The summed E-state index contributed by atoms with van der Waals surface area (Å²) in [4.78, 5) is 13.1. The fraction of sp³-hybridized carbons (Fsp3) is 0.643. The minimum Gasteiger partial charge on any atom is -0.354 e. The molecule has 4 heteroatoms. The van der Waals surface area contributed by atoms with E-state index in [1.807, 2.05) is 0 Å². The maximum absolute atomic E-state index is 11.4. The van der Waals surface area contributed by atoms with Crippen molar-refractivity contribution in [3.8, 4) is 0 Å². The lowest BCUT2D eigenvalue weighted by Gasteiger charge is -2.10. The van der Waals surface area contributed by atoms with Crippen molar-refractivity contribution in [2.24, 2.45) is 0 Å². The number of aryl methyl sites for hydroxylation is 1. The second kappa shape index (κ2) is 7.21. The van der Waals surface area contributed by atoms with Gasteiger partial charge in [-0.1, -0.05) is 13.8 Å². The molecule has 1 rings (SSSR count). The van der Waals surface area contributed by atoms with Crippen LogP contribution in [0.4, 0.5) is 0 Å². The summed E-state index contributed by atoms with van der Waals surface area (Å²) in [5.41, 5.74) is 1.29. The zero-order valence-electron chi connectivity index (χ0n) is 11.9. The second-order valence-corrected chi connectivity index (χ2v) is 5.18. The Balaban J connectivity index is 2.29. The van der Waals surface area contributed by atoms with E-state index >= 15 is 0 Å². The first kappa shape index (κ1) is 14.8. The predicted octanol–water partition coefficient (Wildman–Crippen LogP) is 1.85. The summed E-state index contributed by atoms with van der Waals surface area (Å²) in [7, 11) is 3.60. The minimum atomic E-state index is 0.198. The fourth-order valence-corrected chi connectivity index (χ4v) is 1.69. The lowest BCUT2D eigenvalue weighted by molar-refractivity contribution is -0.128. The largest absolute Gasteiger partial charge is 0.354 e. The van der Waals surface area contributed by atoms with Gasteiger partial charge in [0.15, 0.2) is 0 Å². The Morgan fingerprint density at radius 2 is 2.17 bits per heavy atom. The predicted molar refractivity (Wildman–Crippen MR) is 74.3 cm³/mol. The molecule has 0 radical (unpaired) electrons. The molecule has 1 amide bonds. The topological polar surface area (TPSA) is 37.3 Å². The van der Waals surface area contributed by atoms with Crippen LogP contribution in [0.1, 0.15) is 32.3 Å². The first-order valence-electron chi connectivity index (χ1n) is 6.57. The van der Waals surface area contributed by atoms with Crippen molar-refractivity contribution in [2.75, 3.05) is 14.1 Å². The molecule has 102 valence electrons. The molecule has 0 atom stereocenters. The van der Waals surface area contributed by atoms with Gasteiger partial charge in [-0.3, -0.25) is 4.79 Å². The molecule has 4 nitrogen and oxygen atoms in total. The third kappa shape index (κ3) is 5.36. The molecule has 0 bridgehead atoms. The van der Waals surface area contributed by atoms with Gasteiger partial charge in [0.2, 0.25) is 5.91 Å². The first-order chi connectivity index (χ1) is 8.49. The third-order valence-corrected chi connectivity index (χ3v) is 2.83. The van der Waals surface area contributed by atoms with Gasteiger partial charge in [0, 0.05) is 52.0 Å². The number of nitrogens with zero attached hydrogens (tertiary/aromatic N) is 2. The van der Waals surface area contributed by atoms with Crippen LogP contribution in [-0.2, 0) is 17.9 Å². The van der Waals surface area contributed by atoms with Gasteiger partial charge >= 0.3 is 0 Å². The standard InChI is InChI=1S/C14H25N3O/c1-12(2)15-10-13-7-9-17(11-13)8-5-6-14(18)16(3)4/h7,9,11-12,15H,5-6,8,10H2,1-4H3. The molecule has 0 aliphatic rings. The Morgan fingerprint density at radius 3 is 2.78 bits per heavy atom.